The van der Waals surface area contributed by atoms with Gasteiger partial charge in [0, 0.05) is 22.7 Å². The van der Waals surface area contributed by atoms with E-state index in [1.807, 2.05) is 52.5 Å². The van der Waals surface area contributed by atoms with Crippen LogP contribution in [0.4, 0.5) is 10.5 Å². The Morgan fingerprint density at radius 1 is 0.949 bits per heavy atom. The van der Waals surface area contributed by atoms with Crippen molar-refractivity contribution < 1.29 is 27.0 Å². The summed E-state index contributed by atoms with van der Waals surface area (Å²) in [5.74, 6) is -0.382. The van der Waals surface area contributed by atoms with Crippen LogP contribution in [-0.2, 0) is 37.6 Å². The summed E-state index contributed by atoms with van der Waals surface area (Å²) in [5, 5.41) is 12.3. The quantitative estimate of drug-likeness (QED) is 0.144. The summed E-state index contributed by atoms with van der Waals surface area (Å²) < 4.78 is 30.5. The fraction of sp³-hybridized carbons (Fsp3) is 0.192. The van der Waals surface area contributed by atoms with E-state index in [1.165, 1.54) is 18.4 Å². The van der Waals surface area contributed by atoms with Gasteiger partial charge in [-0.05, 0) is 41.1 Å². The minimum atomic E-state index is -3.04. The van der Waals surface area contributed by atoms with Gasteiger partial charge in [0.2, 0.25) is 5.91 Å². The number of hydrogen-bond acceptors (Lipinski definition) is 10. The number of aromatic nitrogens is 1. The van der Waals surface area contributed by atoms with Crippen molar-refractivity contribution in [3.05, 3.63) is 92.9 Å². The molecule has 4 aromatic rings. The van der Waals surface area contributed by atoms with Crippen LogP contribution in [0.1, 0.15) is 22.2 Å². The molecule has 0 unspecified atom stereocenters. The molecule has 0 aliphatic rings. The Morgan fingerprint density at radius 3 is 2.36 bits per heavy atom. The lowest BCUT2D eigenvalue weighted by atomic mass is 10.0. The molecule has 0 bridgehead atoms. The number of alkyl carbamates (subject to hydrolysis) is 1. The van der Waals surface area contributed by atoms with E-state index in [2.05, 4.69) is 20.4 Å². The molecule has 2 atom stereocenters. The van der Waals surface area contributed by atoms with Crippen LogP contribution in [0.25, 0.3) is 11.3 Å². The van der Waals surface area contributed by atoms with Gasteiger partial charge in [0.25, 0.3) is 11.0 Å². The Bertz CT molecular complexity index is 1430. The van der Waals surface area contributed by atoms with Crippen molar-refractivity contribution in [3.8, 4) is 11.3 Å². The molecule has 10 nitrogen and oxygen atoms in total. The molecule has 0 aliphatic heterocycles. The highest BCUT2D eigenvalue weighted by Crippen LogP contribution is 2.29. The van der Waals surface area contributed by atoms with Gasteiger partial charge in [-0.25, -0.2) is 23.7 Å². The topological polar surface area (TPSA) is 136 Å². The van der Waals surface area contributed by atoms with Crippen molar-refractivity contribution in [2.24, 2.45) is 0 Å². The van der Waals surface area contributed by atoms with Crippen LogP contribution >= 0.6 is 22.7 Å². The van der Waals surface area contributed by atoms with Crippen LogP contribution in [-0.4, -0.2) is 38.6 Å². The molecule has 4 rings (SSSR count). The first-order valence-corrected chi connectivity index (χ1v) is 14.7. The van der Waals surface area contributed by atoms with Gasteiger partial charge in [-0.3, -0.25) is 4.79 Å². The first-order valence-electron chi connectivity index (χ1n) is 11.7. The second kappa shape index (κ2) is 13.8. The fourth-order valence-corrected chi connectivity index (χ4v) is 5.47. The van der Waals surface area contributed by atoms with E-state index >= 15 is 0 Å². The van der Waals surface area contributed by atoms with Crippen molar-refractivity contribution in [3.63, 3.8) is 0 Å². The van der Waals surface area contributed by atoms with Crippen molar-refractivity contribution in [2.75, 3.05) is 12.6 Å². The summed E-state index contributed by atoms with van der Waals surface area (Å²) in [6.07, 6.45) is -0.0357. The number of methoxy groups -OCH3 is 1. The zero-order valence-electron chi connectivity index (χ0n) is 20.7. The lowest BCUT2D eigenvalue weighted by molar-refractivity contribution is -0.123. The maximum atomic E-state index is 13.5. The molecule has 0 saturated heterocycles. The van der Waals surface area contributed by atoms with E-state index < -0.39 is 29.2 Å². The number of thiophene rings is 1. The Labute approximate surface area is 235 Å². The smallest absolute Gasteiger partial charge is 0.407 e. The number of nitrogens with zero attached hydrogens (tertiary/aromatic N) is 1. The average molecular weight is 587 g/mol. The molecule has 0 fully saturated rings. The van der Waals surface area contributed by atoms with Crippen molar-refractivity contribution >= 4 is 51.3 Å². The monoisotopic (exact) mass is 586 g/mol. The number of carbonyl (C=O) groups excluding carboxylic acids is 2. The van der Waals surface area contributed by atoms with Crippen LogP contribution in [0.5, 0.6) is 0 Å². The van der Waals surface area contributed by atoms with E-state index in [-0.39, 0.29) is 12.3 Å². The number of carbonyl (C=O) groups is 2. The van der Waals surface area contributed by atoms with E-state index in [4.69, 9.17) is 9.72 Å². The van der Waals surface area contributed by atoms with Gasteiger partial charge in [0.15, 0.2) is 0 Å². The van der Waals surface area contributed by atoms with Crippen LogP contribution in [0.15, 0.2) is 76.8 Å². The van der Waals surface area contributed by atoms with Crippen molar-refractivity contribution in [1.29, 1.82) is 0 Å². The number of rotatable bonds is 12. The van der Waals surface area contributed by atoms with Gasteiger partial charge in [-0.15, -0.1) is 11.3 Å². The Balaban J connectivity index is 1.57. The molecule has 2 heterocycles. The van der Waals surface area contributed by atoms with Crippen molar-refractivity contribution in [2.45, 2.75) is 24.9 Å². The lowest BCUT2D eigenvalue weighted by Crippen LogP contribution is -2.49. The maximum absolute atomic E-state index is 13.5. The molecular weight excluding hydrogens is 561 g/mol. The largest absolute Gasteiger partial charge is 0.453 e. The molecule has 0 saturated carbocycles. The molecule has 0 aliphatic carbocycles. The third-order valence-corrected chi connectivity index (χ3v) is 7.54. The highest BCUT2D eigenvalue weighted by molar-refractivity contribution is 7.67. The number of nitrogens with one attached hydrogen (secondary N) is 3. The Kier molecular flexibility index (Phi) is 10.0. The number of hydrogen-bond donors (Lipinski definition) is 4. The lowest BCUT2D eigenvalue weighted by Gasteiger charge is -2.22. The molecule has 2 aromatic heterocycles. The van der Waals surface area contributed by atoms with Crippen LogP contribution in [0.3, 0.4) is 0 Å². The zero-order valence-corrected chi connectivity index (χ0v) is 23.3. The fourth-order valence-electron chi connectivity index (χ4n) is 3.76. The summed E-state index contributed by atoms with van der Waals surface area (Å²) >= 11 is 3.01. The highest BCUT2D eigenvalue weighted by atomic mass is 32.2. The zero-order chi connectivity index (χ0) is 27.6. The molecule has 3 N–H and O–H groups in total. The second-order valence-electron chi connectivity index (χ2n) is 8.34. The predicted octanol–water partition coefficient (Wildman–Crippen LogP) is 4.11. The second-order valence-corrected chi connectivity index (χ2v) is 10.6. The van der Waals surface area contributed by atoms with Crippen molar-refractivity contribution in [1.82, 2.24) is 15.6 Å². The number of thiazole rings is 1. The number of thiol groups is 1. The summed E-state index contributed by atoms with van der Waals surface area (Å²) in [4.78, 5) is 30.4. The number of ether oxygens (including phenoxy) is 1. The van der Waals surface area contributed by atoms with E-state index in [0.29, 0.717) is 17.1 Å². The molecule has 0 spiro atoms. The molecule has 2 amide bonds. The molecule has 13 heteroatoms. The van der Waals surface area contributed by atoms with E-state index in [1.54, 1.807) is 35.6 Å². The van der Waals surface area contributed by atoms with E-state index in [0.717, 1.165) is 22.4 Å². The van der Waals surface area contributed by atoms with E-state index in [9.17, 15) is 18.0 Å². The minimum Gasteiger partial charge on any atom is -0.453 e. The number of amides is 2. The van der Waals surface area contributed by atoms with Gasteiger partial charge in [0.05, 0.1) is 24.5 Å². The standard InChI is InChI=1S/C26H26N4O6S3/c1-35-26(32)29-21(13-17-5-3-2-4-6-17)24(31)27-22(25-28-23(16-38-25)19-11-12-37-15-19)14-18-7-9-20(10-8-18)30-36-39(33)34/h2-12,15-16,21-22,30,39H,13-14H2,1H3,(H,27,31)(H,29,32)/t21-,22-/m0/s1. The van der Waals surface area contributed by atoms with Gasteiger partial charge in [-0.1, -0.05) is 42.5 Å². The maximum Gasteiger partial charge on any atom is 0.407 e. The van der Waals surface area contributed by atoms with Gasteiger partial charge in [0.1, 0.15) is 11.0 Å². The number of benzene rings is 2. The minimum absolute atomic E-state index is 0.273. The predicted molar refractivity (Wildman–Crippen MR) is 151 cm³/mol. The Morgan fingerprint density at radius 2 is 1.69 bits per heavy atom. The van der Waals surface area contributed by atoms with Crippen LogP contribution in [0.2, 0.25) is 0 Å². The third-order valence-electron chi connectivity index (χ3n) is 5.66. The molecule has 39 heavy (non-hydrogen) atoms. The summed E-state index contributed by atoms with van der Waals surface area (Å²) in [7, 11) is -1.79. The first-order chi connectivity index (χ1) is 18.9. The normalized spacial score (nSPS) is 12.5. The first kappa shape index (κ1) is 28.2. The number of anilines is 1. The molecule has 2 aromatic carbocycles. The van der Waals surface area contributed by atoms with Crippen LogP contribution in [0, 0.1) is 0 Å². The van der Waals surface area contributed by atoms with Gasteiger partial charge < -0.3 is 15.4 Å². The van der Waals surface area contributed by atoms with Gasteiger partial charge in [-0.2, -0.15) is 15.6 Å². The molecule has 0 radical (unpaired) electrons. The molecular formula is C26H26N4O6S3. The summed E-state index contributed by atoms with van der Waals surface area (Å²) in [5.41, 5.74) is 6.35. The SMILES string of the molecule is COC(=O)N[C@@H](Cc1ccccc1)C(=O)N[C@@H](Cc1ccc(NO[SH](=O)=O)cc1)c1nc(-c2ccsc2)cs1. The average Bonchev–Trinajstić information content (AvgIpc) is 3.65. The third kappa shape index (κ3) is 8.35. The molecule has 204 valence electrons. The summed E-state index contributed by atoms with van der Waals surface area (Å²) in [6, 6.07) is 16.9. The van der Waals surface area contributed by atoms with Gasteiger partial charge >= 0.3 is 6.09 Å². The Hall–Kier alpha value is -3.78. The highest BCUT2D eigenvalue weighted by Gasteiger charge is 2.26. The van der Waals surface area contributed by atoms with Crippen LogP contribution < -0.4 is 16.1 Å². The summed E-state index contributed by atoms with van der Waals surface area (Å²) in [6.45, 7) is 0.